The predicted molar refractivity (Wildman–Crippen MR) is 29.0 cm³/mol. The Morgan fingerprint density at radius 3 is 1.38 bits per heavy atom. The van der Waals surface area contributed by atoms with Crippen molar-refractivity contribution < 1.29 is 9.59 Å². The second-order valence-corrected chi connectivity index (χ2v) is 0.854. The largest absolute Gasteiger partial charge is 0.351 e. The normalized spacial score (nSPS) is 6.50. The summed E-state index contributed by atoms with van der Waals surface area (Å²) in [5.41, 5.74) is 8.88. The quantitative estimate of drug-likeness (QED) is 0.395. The van der Waals surface area contributed by atoms with Gasteiger partial charge < -0.3 is 11.5 Å². The lowest BCUT2D eigenvalue weighted by Crippen LogP contribution is -2.38. The van der Waals surface area contributed by atoms with Crippen LogP contribution in [0.3, 0.4) is 0 Å². The van der Waals surface area contributed by atoms with Crippen LogP contribution in [0.2, 0.25) is 0 Å². The van der Waals surface area contributed by atoms with Crippen LogP contribution in [0.1, 0.15) is 7.43 Å². The maximum absolute atomic E-state index is 9.62. The van der Waals surface area contributed by atoms with E-state index in [1.54, 1.807) is 5.32 Å². The molecule has 0 rings (SSSR count). The first-order valence-corrected chi connectivity index (χ1v) is 1.49. The van der Waals surface area contributed by atoms with E-state index in [0.29, 0.717) is 0 Å². The Labute approximate surface area is 47.0 Å². The molecule has 0 aliphatic carbocycles. The zero-order valence-corrected chi connectivity index (χ0v) is 3.47. The lowest BCUT2D eigenvalue weighted by Gasteiger charge is -1.88. The average molecular weight is 119 g/mol. The van der Waals surface area contributed by atoms with Gasteiger partial charge in [-0.1, -0.05) is 7.43 Å². The van der Waals surface area contributed by atoms with Crippen molar-refractivity contribution in [2.75, 3.05) is 0 Å². The third kappa shape index (κ3) is 8.83. The average Bonchev–Trinajstić information content (AvgIpc) is 1.27. The second-order valence-electron chi connectivity index (χ2n) is 0.854. The molecule has 8 heavy (non-hydrogen) atoms. The minimum atomic E-state index is -0.938. The molecule has 0 unspecified atom stereocenters. The van der Waals surface area contributed by atoms with E-state index in [1.807, 2.05) is 0 Å². The fourth-order valence-electron chi connectivity index (χ4n) is 0.121. The topological polar surface area (TPSA) is 98.2 Å². The Kier molecular flexibility index (Phi) is 4.84. The first-order valence-electron chi connectivity index (χ1n) is 1.49. The minimum Gasteiger partial charge on any atom is -0.351 e. The summed E-state index contributed by atoms with van der Waals surface area (Å²) in [6.45, 7) is 0. The van der Waals surface area contributed by atoms with Gasteiger partial charge >= 0.3 is 12.1 Å². The van der Waals surface area contributed by atoms with Gasteiger partial charge in [0.2, 0.25) is 0 Å². The van der Waals surface area contributed by atoms with Gasteiger partial charge in [0.05, 0.1) is 0 Å². The van der Waals surface area contributed by atoms with Gasteiger partial charge in [-0.2, -0.15) is 0 Å². The van der Waals surface area contributed by atoms with Gasteiger partial charge in [-0.3, -0.25) is 5.32 Å². The van der Waals surface area contributed by atoms with Crippen molar-refractivity contribution in [3.05, 3.63) is 0 Å². The van der Waals surface area contributed by atoms with Crippen LogP contribution < -0.4 is 16.8 Å². The molecule has 0 aromatic carbocycles. The summed E-state index contributed by atoms with van der Waals surface area (Å²) in [4.78, 5) is 19.2. The minimum absolute atomic E-state index is 0. The predicted octanol–water partition coefficient (Wildman–Crippen LogP) is -0.631. The number of hydrogen-bond donors (Lipinski definition) is 3. The van der Waals surface area contributed by atoms with Crippen molar-refractivity contribution in [2.45, 2.75) is 7.43 Å². The monoisotopic (exact) mass is 119 g/mol. The molecule has 0 saturated carbocycles. The molecule has 0 radical (unpaired) electrons. The molecule has 0 aliphatic rings. The Morgan fingerprint density at radius 1 is 1.12 bits per heavy atom. The summed E-state index contributed by atoms with van der Waals surface area (Å²) in [6.07, 6.45) is 0. The molecule has 5 nitrogen and oxygen atoms in total. The number of carbonyl (C=O) groups is 2. The molecule has 0 aliphatic heterocycles. The number of primary amides is 2. The number of imide groups is 1. The van der Waals surface area contributed by atoms with E-state index in [1.165, 1.54) is 0 Å². The van der Waals surface area contributed by atoms with E-state index in [0.717, 1.165) is 0 Å². The van der Waals surface area contributed by atoms with Gasteiger partial charge in [0.25, 0.3) is 0 Å². The van der Waals surface area contributed by atoms with Crippen molar-refractivity contribution in [1.82, 2.24) is 5.32 Å². The van der Waals surface area contributed by atoms with Crippen LogP contribution in [0.4, 0.5) is 9.59 Å². The number of rotatable bonds is 0. The van der Waals surface area contributed by atoms with Gasteiger partial charge in [0.15, 0.2) is 0 Å². The van der Waals surface area contributed by atoms with Crippen LogP contribution in [-0.2, 0) is 0 Å². The summed E-state index contributed by atoms with van der Waals surface area (Å²) in [6, 6.07) is -1.88. The first kappa shape index (κ1) is 9.88. The highest BCUT2D eigenvalue weighted by atomic mass is 16.2. The molecule has 4 amide bonds. The molecule has 5 N–H and O–H groups in total. The Hall–Kier alpha value is -1.26. The van der Waals surface area contributed by atoms with E-state index >= 15 is 0 Å². The number of nitrogens with two attached hydrogens (primary N) is 2. The zero-order chi connectivity index (χ0) is 5.86. The molecular weight excluding hydrogens is 110 g/mol. The zero-order valence-electron chi connectivity index (χ0n) is 3.47. The highest BCUT2D eigenvalue weighted by Crippen LogP contribution is 1.51. The Bertz CT molecular complexity index is 88.7. The van der Waals surface area contributed by atoms with Crippen LogP contribution in [0, 0.1) is 0 Å². The molecule has 48 valence electrons. The van der Waals surface area contributed by atoms with Gasteiger partial charge in [0, 0.05) is 0 Å². The second kappa shape index (κ2) is 3.91. The van der Waals surface area contributed by atoms with E-state index in [-0.39, 0.29) is 7.43 Å². The van der Waals surface area contributed by atoms with Gasteiger partial charge in [-0.25, -0.2) is 9.59 Å². The van der Waals surface area contributed by atoms with Crippen molar-refractivity contribution in [3.63, 3.8) is 0 Å². The fraction of sp³-hybridized carbons (Fsp3) is 0.333. The van der Waals surface area contributed by atoms with Crippen molar-refractivity contribution >= 4 is 12.1 Å². The highest BCUT2D eigenvalue weighted by molar-refractivity contribution is 5.91. The van der Waals surface area contributed by atoms with Gasteiger partial charge in [-0.15, -0.1) is 0 Å². The number of urea groups is 2. The summed E-state index contributed by atoms with van der Waals surface area (Å²) in [5, 5.41) is 1.58. The number of hydrogen-bond acceptors (Lipinski definition) is 2. The van der Waals surface area contributed by atoms with E-state index in [4.69, 9.17) is 0 Å². The maximum atomic E-state index is 9.62. The van der Waals surface area contributed by atoms with Crippen molar-refractivity contribution in [2.24, 2.45) is 11.5 Å². The van der Waals surface area contributed by atoms with Crippen LogP contribution in [0.25, 0.3) is 0 Å². The van der Waals surface area contributed by atoms with E-state index in [9.17, 15) is 9.59 Å². The molecule has 0 atom stereocenters. The van der Waals surface area contributed by atoms with Crippen molar-refractivity contribution in [3.8, 4) is 0 Å². The molecule has 0 spiro atoms. The summed E-state index contributed by atoms with van der Waals surface area (Å²) in [5.74, 6) is 0. The standard InChI is InChI=1S/C2H5N3O2.CH4/c3-1(6)5-2(4)7;/h(H5,3,4,5,6,7);1H4. The molecular formula is C3H9N3O2. The lowest BCUT2D eigenvalue weighted by molar-refractivity contribution is 0.236. The summed E-state index contributed by atoms with van der Waals surface area (Å²) in [7, 11) is 0. The Morgan fingerprint density at radius 2 is 1.38 bits per heavy atom. The third-order valence-electron chi connectivity index (χ3n) is 0.246. The first-order chi connectivity index (χ1) is 3.13. The summed E-state index contributed by atoms with van der Waals surface area (Å²) >= 11 is 0. The number of carbonyl (C=O) groups excluding carboxylic acids is 2. The molecule has 5 heteroatoms. The fourth-order valence-corrected chi connectivity index (χ4v) is 0.121. The molecule has 0 fully saturated rings. The molecule has 0 saturated heterocycles. The number of amides is 4. The molecule has 0 heterocycles. The maximum Gasteiger partial charge on any atom is 0.320 e. The van der Waals surface area contributed by atoms with E-state index < -0.39 is 12.1 Å². The van der Waals surface area contributed by atoms with Gasteiger partial charge in [-0.05, 0) is 0 Å². The van der Waals surface area contributed by atoms with Crippen LogP contribution in [-0.4, -0.2) is 12.1 Å². The van der Waals surface area contributed by atoms with Gasteiger partial charge in [0.1, 0.15) is 0 Å². The lowest BCUT2D eigenvalue weighted by atomic mass is 10.9. The smallest absolute Gasteiger partial charge is 0.320 e. The summed E-state index contributed by atoms with van der Waals surface area (Å²) < 4.78 is 0. The Balaban J connectivity index is 0. The van der Waals surface area contributed by atoms with Crippen LogP contribution in [0.5, 0.6) is 0 Å². The van der Waals surface area contributed by atoms with Crippen LogP contribution in [0.15, 0.2) is 0 Å². The molecule has 0 aromatic rings. The number of nitrogens with one attached hydrogen (secondary N) is 1. The van der Waals surface area contributed by atoms with Crippen molar-refractivity contribution in [1.29, 1.82) is 0 Å². The SMILES string of the molecule is C.NC(=O)NC(N)=O. The third-order valence-corrected chi connectivity index (χ3v) is 0.246. The molecule has 0 aromatic heterocycles. The highest BCUT2D eigenvalue weighted by Gasteiger charge is 1.92. The van der Waals surface area contributed by atoms with Crippen LogP contribution >= 0.6 is 0 Å². The van der Waals surface area contributed by atoms with E-state index in [2.05, 4.69) is 11.5 Å². The molecule has 0 bridgehead atoms.